The summed E-state index contributed by atoms with van der Waals surface area (Å²) in [5.74, 6) is 1.25. The third kappa shape index (κ3) is 1.77. The monoisotopic (exact) mass is 254 g/mol. The first-order valence-electron chi connectivity index (χ1n) is 6.55. The van der Waals surface area contributed by atoms with Gasteiger partial charge in [-0.1, -0.05) is 0 Å². The number of hydrogen-bond donors (Lipinski definition) is 2. The molecule has 2 heterocycles. The molecule has 0 bridgehead atoms. The van der Waals surface area contributed by atoms with Crippen molar-refractivity contribution in [2.45, 2.75) is 6.04 Å². The van der Waals surface area contributed by atoms with Crippen LogP contribution < -0.4 is 10.6 Å². The molecule has 2 aromatic rings. The molecule has 1 aromatic heterocycles. The molecule has 96 valence electrons. The second kappa shape index (κ2) is 3.99. The molecule has 1 aliphatic heterocycles. The summed E-state index contributed by atoms with van der Waals surface area (Å²) in [5.41, 5.74) is 2.23. The number of nitrogens with zero attached hydrogens (tertiary/aromatic N) is 2. The highest BCUT2D eigenvalue weighted by Crippen LogP contribution is 2.41. The van der Waals surface area contributed by atoms with Gasteiger partial charge in [-0.2, -0.15) is 0 Å². The van der Waals surface area contributed by atoms with Crippen LogP contribution in [0.5, 0.6) is 0 Å². The van der Waals surface area contributed by atoms with Crippen LogP contribution in [0.1, 0.15) is 10.4 Å². The minimum absolute atomic E-state index is 0.00745. The first-order valence-corrected chi connectivity index (χ1v) is 6.55. The van der Waals surface area contributed by atoms with Crippen molar-refractivity contribution in [1.29, 1.82) is 0 Å². The molecule has 0 spiro atoms. The summed E-state index contributed by atoms with van der Waals surface area (Å²) in [5, 5.41) is 6.43. The maximum absolute atomic E-state index is 12.2. The van der Waals surface area contributed by atoms with Crippen LogP contribution in [0.2, 0.25) is 0 Å². The highest BCUT2D eigenvalue weighted by molar-refractivity contribution is 5.97. The summed E-state index contributed by atoms with van der Waals surface area (Å²) in [6, 6.07) is 5.80. The molecule has 4 rings (SSSR count). The van der Waals surface area contributed by atoms with E-state index in [1.165, 1.54) is 0 Å². The van der Waals surface area contributed by atoms with Crippen molar-refractivity contribution in [2.75, 3.05) is 13.1 Å². The normalized spacial score (nSPS) is 28.1. The number of rotatable bonds is 2. The van der Waals surface area contributed by atoms with Gasteiger partial charge in [0.05, 0.1) is 11.0 Å². The van der Waals surface area contributed by atoms with Gasteiger partial charge in [-0.05, 0) is 30.0 Å². The Morgan fingerprint density at radius 1 is 1.16 bits per heavy atom. The Morgan fingerprint density at radius 2 is 1.89 bits per heavy atom. The molecule has 1 saturated heterocycles. The number of amides is 1. The largest absolute Gasteiger partial charge is 0.349 e. The highest BCUT2D eigenvalue weighted by atomic mass is 16.1. The molecule has 2 unspecified atom stereocenters. The molecular weight excluding hydrogens is 240 g/mol. The molecule has 19 heavy (non-hydrogen) atoms. The average molecular weight is 254 g/mol. The number of hydrogen-bond acceptors (Lipinski definition) is 4. The minimum Gasteiger partial charge on any atom is -0.349 e. The quantitative estimate of drug-likeness (QED) is 0.822. The van der Waals surface area contributed by atoms with Crippen molar-refractivity contribution >= 4 is 16.9 Å². The number of benzene rings is 1. The average Bonchev–Trinajstić information content (AvgIpc) is 2.88. The van der Waals surface area contributed by atoms with Crippen LogP contribution in [0.15, 0.2) is 30.6 Å². The number of carbonyl (C=O) groups is 1. The van der Waals surface area contributed by atoms with Gasteiger partial charge in [0.1, 0.15) is 0 Å². The Hall–Kier alpha value is -2.01. The molecular formula is C14H14N4O. The van der Waals surface area contributed by atoms with Crippen molar-refractivity contribution in [3.05, 3.63) is 36.2 Å². The van der Waals surface area contributed by atoms with Crippen molar-refractivity contribution < 1.29 is 4.79 Å². The van der Waals surface area contributed by atoms with Crippen LogP contribution in [0, 0.1) is 11.8 Å². The van der Waals surface area contributed by atoms with Crippen LogP contribution in [0.4, 0.5) is 0 Å². The van der Waals surface area contributed by atoms with Crippen LogP contribution in [0.3, 0.4) is 0 Å². The van der Waals surface area contributed by atoms with Gasteiger partial charge >= 0.3 is 0 Å². The van der Waals surface area contributed by atoms with E-state index in [9.17, 15) is 4.79 Å². The zero-order valence-corrected chi connectivity index (χ0v) is 10.3. The zero-order chi connectivity index (χ0) is 12.8. The standard InChI is InChI=1S/C14H14N4O/c19-14(18-13-9-6-15-7-10(9)13)8-1-2-11-12(5-8)17-4-3-16-11/h1-5,9-10,13,15H,6-7H2,(H,18,19). The lowest BCUT2D eigenvalue weighted by Crippen LogP contribution is -2.32. The smallest absolute Gasteiger partial charge is 0.251 e. The fourth-order valence-corrected chi connectivity index (χ4v) is 2.97. The number of fused-ring (bicyclic) bond motifs is 2. The Labute approximate surface area is 110 Å². The molecule has 2 fully saturated rings. The molecule has 2 atom stereocenters. The molecule has 1 saturated carbocycles. The molecule has 1 amide bonds. The number of piperidine rings is 1. The second-order valence-corrected chi connectivity index (χ2v) is 5.25. The maximum atomic E-state index is 12.2. The Balaban J connectivity index is 1.55. The highest BCUT2D eigenvalue weighted by Gasteiger charge is 2.53. The van der Waals surface area contributed by atoms with Crippen LogP contribution >= 0.6 is 0 Å². The number of aromatic nitrogens is 2. The van der Waals surface area contributed by atoms with E-state index in [1.807, 2.05) is 12.1 Å². The van der Waals surface area contributed by atoms with Crippen molar-refractivity contribution in [1.82, 2.24) is 20.6 Å². The predicted octanol–water partition coefficient (Wildman–Crippen LogP) is 0.577. The van der Waals surface area contributed by atoms with E-state index < -0.39 is 0 Å². The third-order valence-corrected chi connectivity index (χ3v) is 4.12. The summed E-state index contributed by atoms with van der Waals surface area (Å²) < 4.78 is 0. The lowest BCUT2D eigenvalue weighted by molar-refractivity contribution is 0.0946. The predicted molar refractivity (Wildman–Crippen MR) is 70.6 cm³/mol. The number of carbonyl (C=O) groups excluding carboxylic acids is 1. The third-order valence-electron chi connectivity index (χ3n) is 4.12. The van der Waals surface area contributed by atoms with Gasteiger partial charge < -0.3 is 10.6 Å². The first kappa shape index (κ1) is 10.9. The Bertz CT molecular complexity index is 647. The van der Waals surface area contributed by atoms with E-state index in [2.05, 4.69) is 20.6 Å². The van der Waals surface area contributed by atoms with Crippen LogP contribution in [-0.4, -0.2) is 35.0 Å². The van der Waals surface area contributed by atoms with E-state index in [0.717, 1.165) is 24.1 Å². The molecule has 0 radical (unpaired) electrons. The number of nitrogens with one attached hydrogen (secondary N) is 2. The first-order chi connectivity index (χ1) is 9.33. The topological polar surface area (TPSA) is 66.9 Å². The van der Waals surface area contributed by atoms with Crippen molar-refractivity contribution in [2.24, 2.45) is 11.8 Å². The Morgan fingerprint density at radius 3 is 2.68 bits per heavy atom. The maximum Gasteiger partial charge on any atom is 0.251 e. The van der Waals surface area contributed by atoms with Gasteiger partial charge in [0.2, 0.25) is 0 Å². The molecule has 5 nitrogen and oxygen atoms in total. The van der Waals surface area contributed by atoms with Gasteiger partial charge in [0.15, 0.2) is 0 Å². The lowest BCUT2D eigenvalue weighted by atomic mass is 10.2. The van der Waals surface area contributed by atoms with Crippen LogP contribution in [0.25, 0.3) is 11.0 Å². The molecule has 5 heteroatoms. The molecule has 2 N–H and O–H groups in total. The van der Waals surface area contributed by atoms with Gasteiger partial charge in [-0.25, -0.2) is 0 Å². The van der Waals surface area contributed by atoms with Gasteiger partial charge in [0.25, 0.3) is 5.91 Å². The Kier molecular flexibility index (Phi) is 2.29. The van der Waals surface area contributed by atoms with Crippen molar-refractivity contribution in [3.8, 4) is 0 Å². The zero-order valence-electron chi connectivity index (χ0n) is 10.3. The summed E-state index contributed by atoms with van der Waals surface area (Å²) in [6.45, 7) is 2.05. The molecule has 1 aromatic carbocycles. The van der Waals surface area contributed by atoms with Gasteiger partial charge in [-0.3, -0.25) is 14.8 Å². The summed E-state index contributed by atoms with van der Waals surface area (Å²) in [6.07, 6.45) is 3.29. The minimum atomic E-state index is -0.00745. The lowest BCUT2D eigenvalue weighted by Gasteiger charge is -2.08. The van der Waals surface area contributed by atoms with E-state index in [0.29, 0.717) is 23.4 Å². The van der Waals surface area contributed by atoms with Gasteiger partial charge in [0, 0.05) is 37.1 Å². The van der Waals surface area contributed by atoms with E-state index >= 15 is 0 Å². The summed E-state index contributed by atoms with van der Waals surface area (Å²) in [4.78, 5) is 20.6. The fourth-order valence-electron chi connectivity index (χ4n) is 2.97. The molecule has 2 aliphatic rings. The molecule has 1 aliphatic carbocycles. The van der Waals surface area contributed by atoms with E-state index in [4.69, 9.17) is 0 Å². The summed E-state index contributed by atoms with van der Waals surface area (Å²) >= 11 is 0. The van der Waals surface area contributed by atoms with Crippen molar-refractivity contribution in [3.63, 3.8) is 0 Å². The van der Waals surface area contributed by atoms with Gasteiger partial charge in [-0.15, -0.1) is 0 Å². The van der Waals surface area contributed by atoms with Crippen LogP contribution in [-0.2, 0) is 0 Å². The van der Waals surface area contributed by atoms with E-state index in [1.54, 1.807) is 18.5 Å². The SMILES string of the molecule is O=C(NC1C2CNCC21)c1ccc2nccnc2c1. The fraction of sp³-hybridized carbons (Fsp3) is 0.357. The summed E-state index contributed by atoms with van der Waals surface area (Å²) in [7, 11) is 0. The second-order valence-electron chi connectivity index (χ2n) is 5.25. The van der Waals surface area contributed by atoms with E-state index in [-0.39, 0.29) is 5.91 Å².